The Labute approximate surface area is 152 Å². The van der Waals surface area contributed by atoms with Gasteiger partial charge in [-0.15, -0.1) is 0 Å². The summed E-state index contributed by atoms with van der Waals surface area (Å²) < 4.78 is 16.4. The predicted molar refractivity (Wildman–Crippen MR) is 97.0 cm³/mol. The second kappa shape index (κ2) is 7.87. The van der Waals surface area contributed by atoms with Gasteiger partial charge in [0, 0.05) is 0 Å². The number of aryl methyl sites for hydroxylation is 2. The number of hydrogen-bond acceptors (Lipinski definition) is 5. The zero-order chi connectivity index (χ0) is 18.5. The third-order valence-electron chi connectivity index (χ3n) is 4.21. The molecule has 1 aromatic heterocycles. The Bertz CT molecular complexity index is 849. The van der Waals surface area contributed by atoms with Crippen molar-refractivity contribution in [2.45, 2.75) is 33.5 Å². The van der Waals surface area contributed by atoms with Gasteiger partial charge in [0.05, 0.1) is 16.8 Å². The van der Waals surface area contributed by atoms with Crippen molar-refractivity contribution in [3.63, 3.8) is 0 Å². The number of benzene rings is 2. The molecule has 0 N–H and O–H groups in total. The second-order valence-electron chi connectivity index (χ2n) is 6.07. The number of carbonyl (C=O) groups excluding carboxylic acids is 1. The Kier molecular flexibility index (Phi) is 5.37. The quantitative estimate of drug-likeness (QED) is 0.598. The SMILES string of the molecule is Cc1noc(C)c1COc1ccc(C(=O)O[C@H](C)c2ccccc2)cc1. The molecule has 0 unspecified atom stereocenters. The first kappa shape index (κ1) is 17.7. The van der Waals surface area contributed by atoms with Crippen molar-refractivity contribution in [1.29, 1.82) is 0 Å². The lowest BCUT2D eigenvalue weighted by atomic mass is 10.1. The molecule has 0 saturated heterocycles. The van der Waals surface area contributed by atoms with E-state index in [1.54, 1.807) is 24.3 Å². The van der Waals surface area contributed by atoms with Crippen molar-refractivity contribution in [3.05, 3.63) is 82.7 Å². The van der Waals surface area contributed by atoms with E-state index in [0.717, 1.165) is 22.6 Å². The number of nitrogens with zero attached hydrogens (tertiary/aromatic N) is 1. The van der Waals surface area contributed by atoms with Crippen molar-refractivity contribution >= 4 is 5.97 Å². The molecule has 3 rings (SSSR count). The molecule has 2 aromatic carbocycles. The van der Waals surface area contributed by atoms with Crippen LogP contribution in [-0.2, 0) is 11.3 Å². The summed E-state index contributed by atoms with van der Waals surface area (Å²) in [5.74, 6) is 1.05. The first-order valence-corrected chi connectivity index (χ1v) is 8.45. The number of rotatable bonds is 6. The van der Waals surface area contributed by atoms with E-state index in [0.29, 0.717) is 17.9 Å². The molecule has 0 aliphatic heterocycles. The lowest BCUT2D eigenvalue weighted by molar-refractivity contribution is 0.0338. The van der Waals surface area contributed by atoms with Crippen LogP contribution in [0.2, 0.25) is 0 Å². The molecule has 0 spiro atoms. The van der Waals surface area contributed by atoms with Gasteiger partial charge in [-0.05, 0) is 50.6 Å². The Balaban J connectivity index is 1.59. The molecular formula is C21H21NO4. The first-order chi connectivity index (χ1) is 12.5. The summed E-state index contributed by atoms with van der Waals surface area (Å²) in [5, 5.41) is 3.90. The minimum absolute atomic E-state index is 0.306. The van der Waals surface area contributed by atoms with Crippen LogP contribution in [0.5, 0.6) is 5.75 Å². The van der Waals surface area contributed by atoms with E-state index < -0.39 is 0 Å². The Hall–Kier alpha value is -3.08. The van der Waals surface area contributed by atoms with Gasteiger partial charge in [0.15, 0.2) is 0 Å². The molecule has 0 amide bonds. The molecule has 0 bridgehead atoms. The number of esters is 1. The van der Waals surface area contributed by atoms with Gasteiger partial charge in [0.2, 0.25) is 0 Å². The van der Waals surface area contributed by atoms with Crippen molar-refractivity contribution in [1.82, 2.24) is 5.16 Å². The van der Waals surface area contributed by atoms with E-state index in [9.17, 15) is 4.79 Å². The van der Waals surface area contributed by atoms with Crippen molar-refractivity contribution in [2.75, 3.05) is 0 Å². The largest absolute Gasteiger partial charge is 0.489 e. The fourth-order valence-corrected chi connectivity index (χ4v) is 2.57. The monoisotopic (exact) mass is 351 g/mol. The van der Waals surface area contributed by atoms with E-state index in [4.69, 9.17) is 14.0 Å². The first-order valence-electron chi connectivity index (χ1n) is 8.45. The van der Waals surface area contributed by atoms with Gasteiger partial charge in [-0.25, -0.2) is 4.79 Å². The number of carbonyl (C=O) groups is 1. The summed E-state index contributed by atoms with van der Waals surface area (Å²) in [6.45, 7) is 5.96. The lowest BCUT2D eigenvalue weighted by Gasteiger charge is -2.13. The molecule has 0 aliphatic rings. The van der Waals surface area contributed by atoms with Gasteiger partial charge in [-0.2, -0.15) is 0 Å². The third kappa shape index (κ3) is 4.11. The Morgan fingerprint density at radius 2 is 1.77 bits per heavy atom. The van der Waals surface area contributed by atoms with Crippen molar-refractivity contribution in [3.8, 4) is 5.75 Å². The highest BCUT2D eigenvalue weighted by atomic mass is 16.5. The van der Waals surface area contributed by atoms with Crippen LogP contribution in [0.4, 0.5) is 0 Å². The summed E-state index contributed by atoms with van der Waals surface area (Å²) in [7, 11) is 0. The van der Waals surface area contributed by atoms with Gasteiger partial charge >= 0.3 is 5.97 Å². The van der Waals surface area contributed by atoms with E-state index in [1.807, 2.05) is 51.1 Å². The molecule has 1 atom stereocenters. The number of aromatic nitrogens is 1. The molecule has 3 aromatic rings. The highest BCUT2D eigenvalue weighted by Gasteiger charge is 2.14. The minimum Gasteiger partial charge on any atom is -0.489 e. The maximum atomic E-state index is 12.3. The second-order valence-corrected chi connectivity index (χ2v) is 6.07. The van der Waals surface area contributed by atoms with E-state index in [-0.39, 0.29) is 12.1 Å². The van der Waals surface area contributed by atoms with Crippen molar-refractivity contribution < 1.29 is 18.8 Å². The van der Waals surface area contributed by atoms with Crippen LogP contribution in [0, 0.1) is 13.8 Å². The summed E-state index contributed by atoms with van der Waals surface area (Å²) in [6.07, 6.45) is -0.306. The van der Waals surface area contributed by atoms with Gasteiger partial charge in [-0.1, -0.05) is 35.5 Å². The molecule has 134 valence electrons. The van der Waals surface area contributed by atoms with E-state index in [1.165, 1.54) is 0 Å². The van der Waals surface area contributed by atoms with Gasteiger partial charge < -0.3 is 14.0 Å². The van der Waals surface area contributed by atoms with E-state index in [2.05, 4.69) is 5.16 Å². The zero-order valence-electron chi connectivity index (χ0n) is 15.1. The molecule has 1 heterocycles. The average Bonchev–Trinajstić information content (AvgIpc) is 2.99. The highest BCUT2D eigenvalue weighted by molar-refractivity contribution is 5.89. The predicted octanol–water partition coefficient (Wildman–Crippen LogP) is 4.79. The van der Waals surface area contributed by atoms with Crippen LogP contribution >= 0.6 is 0 Å². The minimum atomic E-state index is -0.362. The Morgan fingerprint density at radius 3 is 2.38 bits per heavy atom. The summed E-state index contributed by atoms with van der Waals surface area (Å²) in [6, 6.07) is 16.5. The fourth-order valence-electron chi connectivity index (χ4n) is 2.57. The summed E-state index contributed by atoms with van der Waals surface area (Å²) in [5.41, 5.74) is 3.19. The van der Waals surface area contributed by atoms with E-state index >= 15 is 0 Å². The van der Waals surface area contributed by atoms with Crippen LogP contribution < -0.4 is 4.74 Å². The van der Waals surface area contributed by atoms with Gasteiger partial charge in [0.1, 0.15) is 24.2 Å². The van der Waals surface area contributed by atoms with Crippen LogP contribution in [0.15, 0.2) is 59.1 Å². The topological polar surface area (TPSA) is 61.6 Å². The van der Waals surface area contributed by atoms with Crippen LogP contribution in [0.3, 0.4) is 0 Å². The smallest absolute Gasteiger partial charge is 0.338 e. The normalized spacial score (nSPS) is 11.8. The molecule has 5 nitrogen and oxygen atoms in total. The molecule has 0 aliphatic carbocycles. The third-order valence-corrected chi connectivity index (χ3v) is 4.21. The molecule has 26 heavy (non-hydrogen) atoms. The van der Waals surface area contributed by atoms with Gasteiger partial charge in [-0.3, -0.25) is 0 Å². The number of ether oxygens (including phenoxy) is 2. The highest BCUT2D eigenvalue weighted by Crippen LogP contribution is 2.21. The van der Waals surface area contributed by atoms with Crippen LogP contribution in [0.1, 0.15) is 46.0 Å². The standard InChI is InChI=1S/C21H21NO4/c1-14-20(16(3)26-22-14)13-24-19-11-9-18(10-12-19)21(23)25-15(2)17-7-5-4-6-8-17/h4-12,15H,13H2,1-3H3/t15-/m1/s1. The summed E-state index contributed by atoms with van der Waals surface area (Å²) >= 11 is 0. The molecular weight excluding hydrogens is 330 g/mol. The average molecular weight is 351 g/mol. The molecule has 0 saturated carbocycles. The maximum Gasteiger partial charge on any atom is 0.338 e. The molecule has 0 radical (unpaired) electrons. The van der Waals surface area contributed by atoms with Crippen LogP contribution in [-0.4, -0.2) is 11.1 Å². The fraction of sp³-hybridized carbons (Fsp3) is 0.238. The Morgan fingerprint density at radius 1 is 1.08 bits per heavy atom. The summed E-state index contributed by atoms with van der Waals surface area (Å²) in [4.78, 5) is 12.3. The van der Waals surface area contributed by atoms with Crippen molar-refractivity contribution in [2.24, 2.45) is 0 Å². The van der Waals surface area contributed by atoms with Crippen LogP contribution in [0.25, 0.3) is 0 Å². The molecule has 0 fully saturated rings. The lowest BCUT2D eigenvalue weighted by Crippen LogP contribution is -2.09. The number of hydrogen-bond donors (Lipinski definition) is 0. The van der Waals surface area contributed by atoms with Gasteiger partial charge in [0.25, 0.3) is 0 Å². The molecule has 5 heteroatoms. The maximum absolute atomic E-state index is 12.3. The zero-order valence-corrected chi connectivity index (χ0v) is 15.1.